The first-order valence-corrected chi connectivity index (χ1v) is 7.30. The highest BCUT2D eigenvalue weighted by atomic mass is 32.1. The zero-order chi connectivity index (χ0) is 14.3. The maximum atomic E-state index is 12.1. The molecule has 0 aliphatic heterocycles. The molecule has 6 heteroatoms. The van der Waals surface area contributed by atoms with E-state index < -0.39 is 5.97 Å². The molecule has 1 rings (SSSR count). The fourth-order valence-corrected chi connectivity index (χ4v) is 2.34. The molecule has 0 unspecified atom stereocenters. The molecule has 0 aromatic carbocycles. The lowest BCUT2D eigenvalue weighted by molar-refractivity contribution is -0.138. The normalized spacial score (nSPS) is 10.7. The van der Waals surface area contributed by atoms with Gasteiger partial charge in [-0.25, -0.2) is 4.98 Å². The average molecular weight is 284 g/mol. The number of carbonyl (C=O) groups excluding carboxylic acids is 1. The van der Waals surface area contributed by atoms with E-state index in [2.05, 4.69) is 4.98 Å². The Morgan fingerprint density at radius 3 is 2.68 bits per heavy atom. The summed E-state index contributed by atoms with van der Waals surface area (Å²) in [5.74, 6) is -0.541. The van der Waals surface area contributed by atoms with Crippen LogP contribution in [0.3, 0.4) is 0 Å². The molecule has 0 fully saturated rings. The lowest BCUT2D eigenvalue weighted by Gasteiger charge is -2.24. The largest absolute Gasteiger partial charge is 0.481 e. The van der Waals surface area contributed by atoms with Crippen LogP contribution in [0.4, 0.5) is 0 Å². The van der Waals surface area contributed by atoms with Crippen molar-refractivity contribution in [3.63, 3.8) is 0 Å². The van der Waals surface area contributed by atoms with Crippen LogP contribution in [-0.4, -0.2) is 40.0 Å². The van der Waals surface area contributed by atoms with E-state index in [1.807, 2.05) is 19.2 Å². The molecule has 0 aliphatic carbocycles. The number of hydrogen-bond acceptors (Lipinski definition) is 4. The molecule has 1 aromatic rings. The molecule has 1 amide bonds. The van der Waals surface area contributed by atoms with Gasteiger partial charge in [0.25, 0.3) is 0 Å². The van der Waals surface area contributed by atoms with Gasteiger partial charge in [0.05, 0.1) is 17.6 Å². The second-order valence-electron chi connectivity index (χ2n) is 4.86. The summed E-state index contributed by atoms with van der Waals surface area (Å²) in [6.07, 6.45) is 0.995. The summed E-state index contributed by atoms with van der Waals surface area (Å²) in [5, 5.41) is 10.6. The van der Waals surface area contributed by atoms with E-state index in [1.165, 1.54) is 11.3 Å². The number of carboxylic acids is 1. The Labute approximate surface area is 117 Å². The predicted molar refractivity (Wildman–Crippen MR) is 74.1 cm³/mol. The van der Waals surface area contributed by atoms with E-state index in [-0.39, 0.29) is 18.9 Å². The number of carboxylic acid groups (broad SMARTS) is 1. The summed E-state index contributed by atoms with van der Waals surface area (Å²) in [7, 11) is 0. The van der Waals surface area contributed by atoms with Crippen molar-refractivity contribution >= 4 is 23.2 Å². The van der Waals surface area contributed by atoms with E-state index in [9.17, 15) is 9.59 Å². The summed E-state index contributed by atoms with van der Waals surface area (Å²) < 4.78 is 0. The van der Waals surface area contributed by atoms with E-state index in [0.717, 1.165) is 5.69 Å². The molecule has 1 heterocycles. The fourth-order valence-electron chi connectivity index (χ4n) is 1.74. The van der Waals surface area contributed by atoms with E-state index in [1.54, 1.807) is 10.4 Å². The van der Waals surface area contributed by atoms with Gasteiger partial charge in [-0.05, 0) is 12.3 Å². The Bertz CT molecular complexity index is 404. The van der Waals surface area contributed by atoms with Crippen molar-refractivity contribution in [2.45, 2.75) is 33.1 Å². The molecule has 5 nitrogen and oxygen atoms in total. The monoisotopic (exact) mass is 284 g/mol. The minimum atomic E-state index is -0.874. The number of aliphatic carboxylic acids is 1. The highest BCUT2D eigenvalue weighted by Gasteiger charge is 2.16. The molecule has 0 saturated carbocycles. The molecule has 0 spiro atoms. The SMILES string of the molecule is CC(C)CN(CCC(=O)O)C(=O)CCc1cscn1. The smallest absolute Gasteiger partial charge is 0.305 e. The maximum absolute atomic E-state index is 12.1. The number of rotatable bonds is 8. The van der Waals surface area contributed by atoms with Crippen LogP contribution in [0.25, 0.3) is 0 Å². The summed E-state index contributed by atoms with van der Waals surface area (Å²) in [6, 6.07) is 0. The van der Waals surface area contributed by atoms with Crippen molar-refractivity contribution in [1.82, 2.24) is 9.88 Å². The van der Waals surface area contributed by atoms with Crippen LogP contribution in [0.15, 0.2) is 10.9 Å². The number of hydrogen-bond donors (Lipinski definition) is 1. The summed E-state index contributed by atoms with van der Waals surface area (Å²) in [4.78, 5) is 28.5. The maximum Gasteiger partial charge on any atom is 0.305 e. The van der Waals surface area contributed by atoms with Gasteiger partial charge in [-0.3, -0.25) is 9.59 Å². The minimum absolute atomic E-state index is 0.00273. The standard InChI is InChI=1S/C13H20N2O3S/c1-10(2)7-15(6-5-13(17)18)12(16)4-3-11-8-19-9-14-11/h8-10H,3-7H2,1-2H3,(H,17,18). The molecule has 0 aliphatic rings. The number of nitrogens with zero attached hydrogens (tertiary/aromatic N) is 2. The van der Waals surface area contributed by atoms with Crippen molar-refractivity contribution in [2.75, 3.05) is 13.1 Å². The quantitative estimate of drug-likeness (QED) is 0.793. The topological polar surface area (TPSA) is 70.5 Å². The van der Waals surface area contributed by atoms with Crippen molar-refractivity contribution in [2.24, 2.45) is 5.92 Å². The van der Waals surface area contributed by atoms with Gasteiger partial charge in [-0.2, -0.15) is 0 Å². The lowest BCUT2D eigenvalue weighted by Crippen LogP contribution is -2.36. The number of thiazole rings is 1. The molecule has 1 aromatic heterocycles. The number of carbonyl (C=O) groups is 2. The molecule has 106 valence electrons. The molecule has 0 atom stereocenters. The molecule has 1 N–H and O–H groups in total. The van der Waals surface area contributed by atoms with Crippen LogP contribution in [0.1, 0.15) is 32.4 Å². The highest BCUT2D eigenvalue weighted by Crippen LogP contribution is 2.08. The molecular weight excluding hydrogens is 264 g/mol. The average Bonchev–Trinajstić information content (AvgIpc) is 2.83. The molecule has 0 saturated heterocycles. The number of aromatic nitrogens is 1. The number of aryl methyl sites for hydroxylation is 1. The van der Waals surface area contributed by atoms with Gasteiger partial charge in [-0.15, -0.1) is 11.3 Å². The van der Waals surface area contributed by atoms with Gasteiger partial charge >= 0.3 is 5.97 Å². The van der Waals surface area contributed by atoms with Gasteiger partial charge in [0.15, 0.2) is 0 Å². The molecule has 0 bridgehead atoms. The first kappa shape index (κ1) is 15.6. The van der Waals surface area contributed by atoms with Crippen LogP contribution >= 0.6 is 11.3 Å². The fraction of sp³-hybridized carbons (Fsp3) is 0.615. The van der Waals surface area contributed by atoms with Crippen LogP contribution in [0, 0.1) is 5.92 Å². The Morgan fingerprint density at radius 2 is 2.16 bits per heavy atom. The Morgan fingerprint density at radius 1 is 1.42 bits per heavy atom. The minimum Gasteiger partial charge on any atom is -0.481 e. The van der Waals surface area contributed by atoms with E-state index >= 15 is 0 Å². The van der Waals surface area contributed by atoms with Crippen molar-refractivity contribution in [3.8, 4) is 0 Å². The van der Waals surface area contributed by atoms with E-state index in [0.29, 0.717) is 25.3 Å². The molecule has 0 radical (unpaired) electrons. The summed E-state index contributed by atoms with van der Waals surface area (Å²) >= 11 is 1.51. The van der Waals surface area contributed by atoms with Crippen molar-refractivity contribution in [1.29, 1.82) is 0 Å². The summed E-state index contributed by atoms with van der Waals surface area (Å²) in [5.41, 5.74) is 2.66. The van der Waals surface area contributed by atoms with Crippen molar-refractivity contribution in [3.05, 3.63) is 16.6 Å². The first-order chi connectivity index (χ1) is 8.99. The van der Waals surface area contributed by atoms with Crippen LogP contribution < -0.4 is 0 Å². The Kier molecular flexibility index (Phi) is 6.49. The molecule has 19 heavy (non-hydrogen) atoms. The van der Waals surface area contributed by atoms with Crippen molar-refractivity contribution < 1.29 is 14.7 Å². The van der Waals surface area contributed by atoms with Crippen LogP contribution in [0.2, 0.25) is 0 Å². The lowest BCUT2D eigenvalue weighted by atomic mass is 10.1. The van der Waals surface area contributed by atoms with E-state index in [4.69, 9.17) is 5.11 Å². The first-order valence-electron chi connectivity index (χ1n) is 6.35. The van der Waals surface area contributed by atoms with Gasteiger partial charge in [0, 0.05) is 24.9 Å². The second-order valence-corrected chi connectivity index (χ2v) is 5.58. The summed E-state index contributed by atoms with van der Waals surface area (Å²) in [6.45, 7) is 4.91. The zero-order valence-electron chi connectivity index (χ0n) is 11.3. The third kappa shape index (κ3) is 6.33. The second kappa shape index (κ2) is 7.89. The Hall–Kier alpha value is -1.43. The Balaban J connectivity index is 2.47. The molecular formula is C13H20N2O3S. The van der Waals surface area contributed by atoms with Gasteiger partial charge in [-0.1, -0.05) is 13.8 Å². The van der Waals surface area contributed by atoms with Gasteiger partial charge in [0.1, 0.15) is 0 Å². The van der Waals surface area contributed by atoms with Crippen LogP contribution in [-0.2, 0) is 16.0 Å². The van der Waals surface area contributed by atoms with Gasteiger partial charge < -0.3 is 10.0 Å². The third-order valence-electron chi connectivity index (χ3n) is 2.61. The highest BCUT2D eigenvalue weighted by molar-refractivity contribution is 7.07. The van der Waals surface area contributed by atoms with Gasteiger partial charge in [0.2, 0.25) is 5.91 Å². The zero-order valence-corrected chi connectivity index (χ0v) is 12.2. The number of amides is 1. The van der Waals surface area contributed by atoms with Crippen LogP contribution in [0.5, 0.6) is 0 Å². The predicted octanol–water partition coefficient (Wildman–Crippen LogP) is 2.04. The third-order valence-corrected chi connectivity index (χ3v) is 3.25.